The molecule has 0 aromatic carbocycles. The van der Waals surface area contributed by atoms with Gasteiger partial charge in [-0.2, -0.15) is 30.8 Å². The maximum atomic E-state index is 13.0. The van der Waals surface area contributed by atoms with E-state index >= 15 is 0 Å². The first-order valence-corrected chi connectivity index (χ1v) is 10.1. The van der Waals surface area contributed by atoms with Crippen LogP contribution in [0.1, 0.15) is 19.0 Å². The molecule has 0 aliphatic rings. The van der Waals surface area contributed by atoms with Crippen LogP contribution in [0.4, 0.5) is 19.1 Å². The molecule has 6 nitrogen and oxygen atoms in total. The fourth-order valence-corrected chi connectivity index (χ4v) is 3.57. The number of rotatable bonds is 6. The molecule has 0 saturated carbocycles. The molecule has 30 heavy (non-hydrogen) atoms. The molecule has 0 spiro atoms. The van der Waals surface area contributed by atoms with Crippen molar-refractivity contribution in [3.8, 4) is 11.1 Å². The highest BCUT2D eigenvalue weighted by atomic mass is 32.1. The third-order valence-electron chi connectivity index (χ3n) is 5.00. The number of hydrogen-bond acceptors (Lipinski definition) is 5. The van der Waals surface area contributed by atoms with Gasteiger partial charge in [-0.1, -0.05) is 0 Å². The number of thiol groups is 1. The average molecular weight is 434 g/mol. The number of hydrogen-bond donors (Lipinski definition) is 2. The molecule has 4 aromatic rings. The second-order valence-electron chi connectivity index (χ2n) is 7.19. The third kappa shape index (κ3) is 3.83. The normalized spacial score (nSPS) is 13.3. The van der Waals surface area contributed by atoms with Gasteiger partial charge in [0.1, 0.15) is 17.3 Å². The Morgan fingerprint density at radius 2 is 2.00 bits per heavy atom. The summed E-state index contributed by atoms with van der Waals surface area (Å²) in [6.45, 7) is 1.05. The molecule has 0 aliphatic carbocycles. The van der Waals surface area contributed by atoms with E-state index in [0.717, 1.165) is 35.5 Å². The van der Waals surface area contributed by atoms with Gasteiger partial charge in [-0.05, 0) is 37.7 Å². The number of alkyl halides is 3. The molecule has 1 N–H and O–H groups in total. The van der Waals surface area contributed by atoms with Crippen LogP contribution in [0.5, 0.6) is 0 Å². The van der Waals surface area contributed by atoms with Gasteiger partial charge in [0.05, 0.1) is 5.69 Å². The van der Waals surface area contributed by atoms with Gasteiger partial charge >= 0.3 is 6.18 Å². The van der Waals surface area contributed by atoms with Crippen LogP contribution in [-0.4, -0.2) is 41.9 Å². The van der Waals surface area contributed by atoms with E-state index in [9.17, 15) is 13.2 Å². The quantitative estimate of drug-likeness (QED) is 0.439. The van der Waals surface area contributed by atoms with Crippen LogP contribution < -0.4 is 5.32 Å². The van der Waals surface area contributed by atoms with E-state index in [1.54, 1.807) is 6.20 Å². The number of pyridine rings is 1. The zero-order chi connectivity index (χ0) is 21.5. The largest absolute Gasteiger partial charge is 0.408 e. The first-order valence-electron chi connectivity index (χ1n) is 9.51. The van der Waals surface area contributed by atoms with E-state index in [1.165, 1.54) is 0 Å². The van der Waals surface area contributed by atoms with Crippen LogP contribution in [0, 0.1) is 0 Å². The average Bonchev–Trinajstić information content (AvgIpc) is 3.29. The van der Waals surface area contributed by atoms with Crippen molar-refractivity contribution < 1.29 is 13.2 Å². The Labute approximate surface area is 176 Å². The topological polar surface area (TPSA) is 60.0 Å². The monoisotopic (exact) mass is 434 g/mol. The molecule has 0 saturated heterocycles. The van der Waals surface area contributed by atoms with Gasteiger partial charge < -0.3 is 14.3 Å². The Hall–Kier alpha value is -2.75. The van der Waals surface area contributed by atoms with Crippen molar-refractivity contribution in [3.05, 3.63) is 42.6 Å². The summed E-state index contributed by atoms with van der Waals surface area (Å²) in [5.74, 6) is 0.621. The van der Waals surface area contributed by atoms with Gasteiger partial charge in [-0.25, -0.2) is 9.97 Å². The lowest BCUT2D eigenvalue weighted by atomic mass is 10.0. The van der Waals surface area contributed by atoms with Crippen LogP contribution in [0.25, 0.3) is 27.8 Å². The van der Waals surface area contributed by atoms with Crippen LogP contribution in [0.15, 0.2) is 36.9 Å². The van der Waals surface area contributed by atoms with Crippen molar-refractivity contribution >= 4 is 35.3 Å². The molecule has 0 aliphatic heterocycles. The van der Waals surface area contributed by atoms with Crippen molar-refractivity contribution in [2.45, 2.75) is 32.0 Å². The summed E-state index contributed by atoms with van der Waals surface area (Å²) in [6.07, 6.45) is 4.44. The molecule has 0 unspecified atom stereocenters. The van der Waals surface area contributed by atoms with Crippen molar-refractivity contribution in [3.63, 3.8) is 0 Å². The zero-order valence-corrected chi connectivity index (χ0v) is 17.4. The Morgan fingerprint density at radius 3 is 2.73 bits per heavy atom. The van der Waals surface area contributed by atoms with E-state index in [2.05, 4.69) is 32.9 Å². The predicted octanol–water partition coefficient (Wildman–Crippen LogP) is 4.51. The third-order valence-corrected chi connectivity index (χ3v) is 5.32. The Bertz CT molecular complexity index is 1200. The summed E-state index contributed by atoms with van der Waals surface area (Å²) in [6, 6.07) is 2.14. The molecule has 10 heteroatoms. The number of nitrogens with one attached hydrogen (secondary N) is 1. The highest BCUT2D eigenvalue weighted by molar-refractivity contribution is 7.80. The Balaban J connectivity index is 1.86. The number of aromatic nitrogens is 5. The van der Waals surface area contributed by atoms with Crippen LogP contribution >= 0.6 is 12.6 Å². The minimum Gasteiger partial charge on any atom is -0.343 e. The van der Waals surface area contributed by atoms with Gasteiger partial charge in [-0.3, -0.25) is 0 Å². The molecular formula is C20H21F3N6S. The molecular weight excluding hydrogens is 413 g/mol. The number of halogens is 3. The molecule has 4 rings (SSSR count). The Kier molecular flexibility index (Phi) is 5.35. The summed E-state index contributed by atoms with van der Waals surface area (Å²) in [7, 11) is 1.83. The van der Waals surface area contributed by atoms with E-state index in [0.29, 0.717) is 23.5 Å². The van der Waals surface area contributed by atoms with Gasteiger partial charge in [0.15, 0.2) is 0 Å². The van der Waals surface area contributed by atoms with Crippen LogP contribution in [0.2, 0.25) is 0 Å². The van der Waals surface area contributed by atoms with Crippen molar-refractivity contribution in [2.24, 2.45) is 7.05 Å². The molecule has 4 aromatic heterocycles. The van der Waals surface area contributed by atoms with Crippen molar-refractivity contribution in [1.82, 2.24) is 23.9 Å². The minimum absolute atomic E-state index is 0.0284. The summed E-state index contributed by atoms with van der Waals surface area (Å²) in [5, 5.41) is 3.23. The molecule has 0 amide bonds. The van der Waals surface area contributed by atoms with Gasteiger partial charge in [0, 0.05) is 48.3 Å². The van der Waals surface area contributed by atoms with Crippen molar-refractivity contribution in [1.29, 1.82) is 0 Å². The van der Waals surface area contributed by atoms with E-state index in [-0.39, 0.29) is 5.95 Å². The SMILES string of the molecule is C[C@@H](Nc1nc(CCCS)c2c(-c3ccc4nccn4c3)cn(C)c2n1)C(F)(F)F. The zero-order valence-electron chi connectivity index (χ0n) is 16.5. The molecule has 0 bridgehead atoms. The fraction of sp³-hybridized carbons (Fsp3) is 0.350. The lowest BCUT2D eigenvalue weighted by Gasteiger charge is -2.18. The summed E-state index contributed by atoms with van der Waals surface area (Å²) < 4.78 is 42.8. The summed E-state index contributed by atoms with van der Waals surface area (Å²) in [5.41, 5.74) is 3.99. The van der Waals surface area contributed by atoms with Gasteiger partial charge in [0.2, 0.25) is 5.95 Å². The second kappa shape index (κ2) is 7.82. The number of aryl methyl sites for hydroxylation is 2. The number of imidazole rings is 1. The molecule has 1 atom stereocenters. The summed E-state index contributed by atoms with van der Waals surface area (Å²) >= 11 is 4.28. The Morgan fingerprint density at radius 1 is 1.20 bits per heavy atom. The van der Waals surface area contributed by atoms with Crippen molar-refractivity contribution in [2.75, 3.05) is 11.1 Å². The maximum absolute atomic E-state index is 13.0. The smallest absolute Gasteiger partial charge is 0.343 e. The number of anilines is 1. The fourth-order valence-electron chi connectivity index (χ4n) is 3.41. The highest BCUT2D eigenvalue weighted by Gasteiger charge is 2.36. The number of nitrogens with zero attached hydrogens (tertiary/aromatic N) is 5. The van der Waals surface area contributed by atoms with Gasteiger partial charge in [0.25, 0.3) is 0 Å². The second-order valence-corrected chi connectivity index (χ2v) is 7.64. The first kappa shape index (κ1) is 20.5. The number of fused-ring (bicyclic) bond motifs is 2. The van der Waals surface area contributed by atoms with E-state index < -0.39 is 12.2 Å². The standard InChI is InChI=1S/C20H21F3N6S/c1-12(20(21,22)23)25-19-26-15(4-3-9-30)17-14(11-28(2)18(17)27-19)13-5-6-16-24-7-8-29(16)10-13/h5-8,10-12,30H,3-4,9H2,1-2H3,(H,25,26,27)/t12-/m1/s1. The molecule has 4 heterocycles. The minimum atomic E-state index is -4.39. The lowest BCUT2D eigenvalue weighted by Crippen LogP contribution is -2.33. The van der Waals surface area contributed by atoms with E-state index in [4.69, 9.17) is 0 Å². The van der Waals surface area contributed by atoms with Gasteiger partial charge in [-0.15, -0.1) is 0 Å². The predicted molar refractivity (Wildman–Crippen MR) is 114 cm³/mol. The van der Waals surface area contributed by atoms with Crippen LogP contribution in [-0.2, 0) is 13.5 Å². The van der Waals surface area contributed by atoms with Crippen LogP contribution in [0.3, 0.4) is 0 Å². The molecule has 0 radical (unpaired) electrons. The molecule has 158 valence electrons. The lowest BCUT2D eigenvalue weighted by molar-refractivity contribution is -0.138. The maximum Gasteiger partial charge on any atom is 0.408 e. The highest BCUT2D eigenvalue weighted by Crippen LogP contribution is 2.33. The molecule has 0 fully saturated rings. The van der Waals surface area contributed by atoms with E-state index in [1.807, 2.05) is 46.7 Å². The first-order chi connectivity index (χ1) is 14.3. The summed E-state index contributed by atoms with van der Waals surface area (Å²) in [4.78, 5) is 13.1.